The van der Waals surface area contributed by atoms with Crippen molar-refractivity contribution in [1.29, 1.82) is 0 Å². The summed E-state index contributed by atoms with van der Waals surface area (Å²) < 4.78 is 43.3. The number of benzene rings is 1. The Bertz CT molecular complexity index is 694. The first kappa shape index (κ1) is 19.3. The molecule has 0 bridgehead atoms. The Morgan fingerprint density at radius 1 is 1.20 bits per heavy atom. The predicted molar refractivity (Wildman–Crippen MR) is 92.1 cm³/mol. The maximum absolute atomic E-state index is 12.5. The van der Waals surface area contributed by atoms with Crippen molar-refractivity contribution < 1.29 is 17.9 Å². The van der Waals surface area contributed by atoms with Crippen molar-refractivity contribution in [3.8, 4) is 5.88 Å². The molecule has 1 aromatic heterocycles. The number of halogens is 4. The fourth-order valence-electron chi connectivity index (χ4n) is 2.82. The Balaban J connectivity index is 0.00000225. The van der Waals surface area contributed by atoms with Crippen LogP contribution < -0.4 is 15.4 Å². The zero-order valence-corrected chi connectivity index (χ0v) is 14.2. The maximum Gasteiger partial charge on any atom is 0.417 e. The van der Waals surface area contributed by atoms with E-state index in [2.05, 4.69) is 9.88 Å². The number of pyridine rings is 1. The summed E-state index contributed by atoms with van der Waals surface area (Å²) >= 11 is 0. The van der Waals surface area contributed by atoms with Crippen LogP contribution in [0.5, 0.6) is 5.88 Å². The predicted octanol–water partition coefficient (Wildman–Crippen LogP) is 3.64. The minimum atomic E-state index is -4.39. The number of hydrogen-bond donors (Lipinski definition) is 1. The van der Waals surface area contributed by atoms with Gasteiger partial charge in [0.2, 0.25) is 5.88 Å². The molecule has 1 aromatic carbocycles. The standard InChI is InChI=1S/C17H18F3N3O.ClH/c18-17(19,20)13-5-6-16(22-10-13)24-14-7-8-23(11-14)15-4-2-1-3-12(15)9-21;/h1-6,10,14H,7-9,11,21H2;1H/t14-;/m1./s1. The van der Waals surface area contributed by atoms with Gasteiger partial charge >= 0.3 is 6.18 Å². The molecule has 0 unspecified atom stereocenters. The van der Waals surface area contributed by atoms with Gasteiger partial charge in [-0.05, 0) is 17.7 Å². The Kier molecular flexibility index (Phi) is 6.13. The van der Waals surface area contributed by atoms with Gasteiger partial charge in [0.05, 0.1) is 12.1 Å². The van der Waals surface area contributed by atoms with Gasteiger partial charge < -0.3 is 15.4 Å². The van der Waals surface area contributed by atoms with Crippen LogP contribution in [0.25, 0.3) is 0 Å². The molecule has 4 nitrogen and oxygen atoms in total. The number of para-hydroxylation sites is 1. The number of nitrogens with two attached hydrogens (primary N) is 1. The van der Waals surface area contributed by atoms with Crippen LogP contribution >= 0.6 is 12.4 Å². The van der Waals surface area contributed by atoms with E-state index < -0.39 is 11.7 Å². The number of hydrogen-bond acceptors (Lipinski definition) is 4. The molecule has 2 N–H and O–H groups in total. The van der Waals surface area contributed by atoms with E-state index in [1.54, 1.807) is 0 Å². The highest BCUT2D eigenvalue weighted by Gasteiger charge is 2.31. The molecule has 8 heteroatoms. The Morgan fingerprint density at radius 2 is 1.96 bits per heavy atom. The number of alkyl halides is 3. The Labute approximate surface area is 150 Å². The van der Waals surface area contributed by atoms with Crippen LogP contribution in [0.2, 0.25) is 0 Å². The smallest absolute Gasteiger partial charge is 0.417 e. The van der Waals surface area contributed by atoms with Crippen LogP contribution in [-0.4, -0.2) is 24.2 Å². The Hall–Kier alpha value is -1.99. The SMILES string of the molecule is Cl.NCc1ccccc1N1CC[C@@H](Oc2ccc(C(F)(F)F)cn2)C1. The van der Waals surface area contributed by atoms with Crippen molar-refractivity contribution >= 4 is 18.1 Å². The van der Waals surface area contributed by atoms with Gasteiger partial charge in [-0.2, -0.15) is 13.2 Å². The summed E-state index contributed by atoms with van der Waals surface area (Å²) in [4.78, 5) is 5.94. The molecule has 2 heterocycles. The molecule has 1 atom stereocenters. The van der Waals surface area contributed by atoms with Gasteiger partial charge in [-0.3, -0.25) is 0 Å². The van der Waals surface area contributed by atoms with E-state index in [4.69, 9.17) is 10.5 Å². The minimum Gasteiger partial charge on any atom is -0.472 e. The fraction of sp³-hybridized carbons (Fsp3) is 0.353. The summed E-state index contributed by atoms with van der Waals surface area (Å²) in [5.74, 6) is 0.210. The van der Waals surface area contributed by atoms with Gasteiger partial charge in [0, 0.05) is 37.5 Å². The first-order chi connectivity index (χ1) is 11.5. The number of nitrogens with zero attached hydrogens (tertiary/aromatic N) is 2. The van der Waals surface area contributed by atoms with Crippen molar-refractivity contribution in [1.82, 2.24) is 4.98 Å². The summed E-state index contributed by atoms with van der Waals surface area (Å²) in [5.41, 5.74) is 7.12. The molecule has 25 heavy (non-hydrogen) atoms. The second kappa shape index (κ2) is 7.93. The van der Waals surface area contributed by atoms with Crippen LogP contribution in [0.15, 0.2) is 42.6 Å². The molecular weight excluding hydrogens is 355 g/mol. The molecule has 136 valence electrons. The molecule has 0 spiro atoms. The molecule has 3 rings (SSSR count). The van der Waals surface area contributed by atoms with Gasteiger partial charge in [-0.25, -0.2) is 4.98 Å². The van der Waals surface area contributed by atoms with Crippen LogP contribution in [0.4, 0.5) is 18.9 Å². The number of rotatable bonds is 4. The molecule has 0 saturated carbocycles. The van der Waals surface area contributed by atoms with Crippen LogP contribution in [0.3, 0.4) is 0 Å². The summed E-state index contributed by atoms with van der Waals surface area (Å²) in [6.07, 6.45) is -2.92. The van der Waals surface area contributed by atoms with Gasteiger partial charge in [-0.15, -0.1) is 12.4 Å². The molecule has 1 saturated heterocycles. The topological polar surface area (TPSA) is 51.4 Å². The lowest BCUT2D eigenvalue weighted by Gasteiger charge is -2.21. The number of aromatic nitrogens is 1. The summed E-state index contributed by atoms with van der Waals surface area (Å²) in [5, 5.41) is 0. The lowest BCUT2D eigenvalue weighted by molar-refractivity contribution is -0.137. The van der Waals surface area contributed by atoms with Gasteiger partial charge in [0.15, 0.2) is 0 Å². The van der Waals surface area contributed by atoms with E-state index in [9.17, 15) is 13.2 Å². The second-order valence-electron chi connectivity index (χ2n) is 5.69. The average Bonchev–Trinajstić information content (AvgIpc) is 3.03. The van der Waals surface area contributed by atoms with Crippen LogP contribution in [0.1, 0.15) is 17.5 Å². The number of anilines is 1. The zero-order chi connectivity index (χ0) is 17.2. The quantitative estimate of drug-likeness (QED) is 0.889. The summed E-state index contributed by atoms with van der Waals surface area (Å²) in [7, 11) is 0. The fourth-order valence-corrected chi connectivity index (χ4v) is 2.82. The summed E-state index contributed by atoms with van der Waals surface area (Å²) in [6.45, 7) is 1.92. The van der Waals surface area contributed by atoms with Crippen molar-refractivity contribution in [2.45, 2.75) is 25.2 Å². The van der Waals surface area contributed by atoms with Crippen LogP contribution in [0, 0.1) is 0 Å². The minimum absolute atomic E-state index is 0. The highest BCUT2D eigenvalue weighted by molar-refractivity contribution is 5.85. The van der Waals surface area contributed by atoms with Gasteiger partial charge in [-0.1, -0.05) is 18.2 Å². The number of ether oxygens (including phenoxy) is 1. The Morgan fingerprint density at radius 3 is 2.60 bits per heavy atom. The van der Waals surface area contributed by atoms with Gasteiger partial charge in [0.1, 0.15) is 6.10 Å². The van der Waals surface area contributed by atoms with Crippen molar-refractivity contribution in [2.24, 2.45) is 5.73 Å². The van der Waals surface area contributed by atoms with Crippen molar-refractivity contribution in [3.05, 3.63) is 53.7 Å². The zero-order valence-electron chi connectivity index (χ0n) is 13.4. The molecule has 2 aromatic rings. The van der Waals surface area contributed by atoms with E-state index in [0.29, 0.717) is 13.1 Å². The molecule has 1 aliphatic rings. The molecule has 1 fully saturated rings. The van der Waals surface area contributed by atoms with E-state index in [1.807, 2.05) is 24.3 Å². The molecule has 0 amide bonds. The average molecular weight is 374 g/mol. The molecule has 1 aliphatic heterocycles. The maximum atomic E-state index is 12.5. The third kappa shape index (κ3) is 4.55. The molecule has 0 radical (unpaired) electrons. The lowest BCUT2D eigenvalue weighted by Crippen LogP contribution is -2.26. The third-order valence-corrected chi connectivity index (χ3v) is 4.05. The second-order valence-corrected chi connectivity index (χ2v) is 5.69. The summed E-state index contributed by atoms with van der Waals surface area (Å²) in [6, 6.07) is 10.2. The molecular formula is C17H19ClF3N3O. The molecule has 0 aliphatic carbocycles. The third-order valence-electron chi connectivity index (χ3n) is 4.05. The van der Waals surface area contributed by atoms with Crippen molar-refractivity contribution in [3.63, 3.8) is 0 Å². The largest absolute Gasteiger partial charge is 0.472 e. The first-order valence-corrected chi connectivity index (χ1v) is 7.70. The van der Waals surface area contributed by atoms with E-state index in [1.165, 1.54) is 6.07 Å². The lowest BCUT2D eigenvalue weighted by atomic mass is 10.1. The highest BCUT2D eigenvalue weighted by atomic mass is 35.5. The van der Waals surface area contributed by atoms with E-state index >= 15 is 0 Å². The van der Waals surface area contributed by atoms with Crippen LogP contribution in [-0.2, 0) is 12.7 Å². The van der Waals surface area contributed by atoms with Crippen molar-refractivity contribution in [2.75, 3.05) is 18.0 Å². The monoisotopic (exact) mass is 373 g/mol. The van der Waals surface area contributed by atoms with E-state index in [0.717, 1.165) is 36.5 Å². The first-order valence-electron chi connectivity index (χ1n) is 7.70. The normalized spacial score (nSPS) is 17.3. The van der Waals surface area contributed by atoms with E-state index in [-0.39, 0.29) is 24.4 Å². The van der Waals surface area contributed by atoms with Gasteiger partial charge in [0.25, 0.3) is 0 Å². The highest BCUT2D eigenvalue weighted by Crippen LogP contribution is 2.30.